The summed E-state index contributed by atoms with van der Waals surface area (Å²) in [5.41, 5.74) is 2.90. The molecule has 0 amide bonds. The molecular weight excluding hydrogens is 432 g/mol. The fourth-order valence-corrected chi connectivity index (χ4v) is 4.45. The molecule has 0 saturated heterocycles. The van der Waals surface area contributed by atoms with Gasteiger partial charge in [0.1, 0.15) is 6.54 Å². The van der Waals surface area contributed by atoms with Crippen LogP contribution in [0.2, 0.25) is 0 Å². The lowest BCUT2D eigenvalue weighted by atomic mass is 10.0. The van der Waals surface area contributed by atoms with Gasteiger partial charge in [-0.15, -0.1) is 0 Å². The summed E-state index contributed by atoms with van der Waals surface area (Å²) in [6, 6.07) is 7.65. The van der Waals surface area contributed by atoms with Crippen LogP contribution in [0.25, 0.3) is 27.8 Å². The SMILES string of the molecule is O=c1[nH]cc(-c2cc([C@@H]3C[C@H]3c3ccc4cnn(CC(F)F)c4c3)c3nccn3n2)c(=O)[nH]1. The van der Waals surface area contributed by atoms with Gasteiger partial charge in [0.25, 0.3) is 12.0 Å². The van der Waals surface area contributed by atoms with Gasteiger partial charge in [0, 0.05) is 29.5 Å². The number of rotatable bonds is 5. The number of H-pyrrole nitrogens is 2. The van der Waals surface area contributed by atoms with Crippen LogP contribution in [0.5, 0.6) is 0 Å². The molecule has 1 fully saturated rings. The third-order valence-corrected chi connectivity index (χ3v) is 6.08. The maximum Gasteiger partial charge on any atom is 0.325 e. The number of hydrogen-bond donors (Lipinski definition) is 2. The molecule has 11 heteroatoms. The van der Waals surface area contributed by atoms with Crippen LogP contribution in [-0.2, 0) is 6.54 Å². The van der Waals surface area contributed by atoms with Crippen LogP contribution in [0, 0.1) is 0 Å². The summed E-state index contributed by atoms with van der Waals surface area (Å²) in [5.74, 6) is 0.302. The van der Waals surface area contributed by atoms with E-state index in [2.05, 4.69) is 25.1 Å². The van der Waals surface area contributed by atoms with Gasteiger partial charge >= 0.3 is 5.69 Å². The molecule has 0 radical (unpaired) electrons. The Balaban J connectivity index is 1.40. The van der Waals surface area contributed by atoms with E-state index in [0.717, 1.165) is 22.9 Å². The van der Waals surface area contributed by atoms with Gasteiger partial charge in [0.2, 0.25) is 0 Å². The van der Waals surface area contributed by atoms with Crippen molar-refractivity contribution >= 4 is 16.6 Å². The first-order valence-corrected chi connectivity index (χ1v) is 10.4. The molecule has 0 unspecified atom stereocenters. The predicted molar refractivity (Wildman–Crippen MR) is 116 cm³/mol. The fraction of sp³-hybridized carbons (Fsp3) is 0.227. The summed E-state index contributed by atoms with van der Waals surface area (Å²) in [6.45, 7) is -0.447. The van der Waals surface area contributed by atoms with Crippen LogP contribution in [0.4, 0.5) is 8.78 Å². The highest BCUT2D eigenvalue weighted by Gasteiger charge is 2.41. The van der Waals surface area contributed by atoms with Gasteiger partial charge in [0.05, 0.1) is 23.0 Å². The predicted octanol–water partition coefficient (Wildman–Crippen LogP) is 2.66. The number of benzene rings is 1. The Morgan fingerprint density at radius 1 is 1.18 bits per heavy atom. The molecule has 1 saturated carbocycles. The molecule has 2 atom stereocenters. The molecule has 4 heterocycles. The van der Waals surface area contributed by atoms with Crippen LogP contribution in [0.1, 0.15) is 29.4 Å². The zero-order valence-corrected chi connectivity index (χ0v) is 17.1. The van der Waals surface area contributed by atoms with Crippen molar-refractivity contribution in [3.05, 3.63) is 81.0 Å². The Bertz CT molecular complexity index is 1630. The molecule has 1 aliphatic carbocycles. The van der Waals surface area contributed by atoms with Crippen molar-refractivity contribution < 1.29 is 8.78 Å². The largest absolute Gasteiger partial charge is 0.325 e. The van der Waals surface area contributed by atoms with Gasteiger partial charge in [-0.3, -0.25) is 14.5 Å². The molecular formula is C22H17F2N7O2. The van der Waals surface area contributed by atoms with E-state index in [-0.39, 0.29) is 17.4 Å². The lowest BCUT2D eigenvalue weighted by molar-refractivity contribution is 0.123. The topological polar surface area (TPSA) is 114 Å². The van der Waals surface area contributed by atoms with E-state index in [0.29, 0.717) is 16.9 Å². The van der Waals surface area contributed by atoms with Crippen LogP contribution in [0.3, 0.4) is 0 Å². The molecule has 1 aliphatic rings. The van der Waals surface area contributed by atoms with Gasteiger partial charge in [-0.2, -0.15) is 10.2 Å². The lowest BCUT2D eigenvalue weighted by Gasteiger charge is -2.08. The van der Waals surface area contributed by atoms with E-state index in [9.17, 15) is 18.4 Å². The molecule has 2 N–H and O–H groups in total. The van der Waals surface area contributed by atoms with Crippen molar-refractivity contribution in [1.29, 1.82) is 0 Å². The Labute approximate surface area is 183 Å². The van der Waals surface area contributed by atoms with Crippen LogP contribution in [-0.4, -0.2) is 40.8 Å². The van der Waals surface area contributed by atoms with E-state index in [1.165, 1.54) is 10.9 Å². The van der Waals surface area contributed by atoms with Crippen molar-refractivity contribution in [2.24, 2.45) is 0 Å². The number of fused-ring (bicyclic) bond motifs is 2. The molecule has 6 rings (SSSR count). The van der Waals surface area contributed by atoms with Gasteiger partial charge in [-0.1, -0.05) is 12.1 Å². The molecule has 33 heavy (non-hydrogen) atoms. The number of halogens is 2. The lowest BCUT2D eigenvalue weighted by Crippen LogP contribution is -2.23. The van der Waals surface area contributed by atoms with Gasteiger partial charge in [0.15, 0.2) is 5.65 Å². The molecule has 9 nitrogen and oxygen atoms in total. The third kappa shape index (κ3) is 3.32. The highest BCUT2D eigenvalue weighted by molar-refractivity contribution is 5.79. The standard InChI is InChI=1S/C22H17F2N7O2/c23-19(24)10-31-18-5-11(1-2-12(18)8-27-31)13-6-14(13)15-7-17(29-30-4-3-25-20(15)30)16-9-26-22(33)28-21(16)32/h1-5,7-9,13-14,19H,6,10H2,(H2,26,28,32,33)/t13-,14+/m0/s1. The Morgan fingerprint density at radius 2 is 2.06 bits per heavy atom. The van der Waals surface area contributed by atoms with E-state index in [4.69, 9.17) is 0 Å². The number of nitrogens with zero attached hydrogens (tertiary/aromatic N) is 5. The first kappa shape index (κ1) is 19.5. The average molecular weight is 449 g/mol. The Kier molecular flexibility index (Phi) is 4.25. The van der Waals surface area contributed by atoms with Crippen molar-refractivity contribution in [3.63, 3.8) is 0 Å². The fourth-order valence-electron chi connectivity index (χ4n) is 4.45. The molecule has 166 valence electrons. The summed E-state index contributed by atoms with van der Waals surface area (Å²) in [4.78, 5) is 32.8. The maximum absolute atomic E-state index is 12.9. The van der Waals surface area contributed by atoms with Crippen molar-refractivity contribution in [2.75, 3.05) is 0 Å². The quantitative estimate of drug-likeness (QED) is 0.428. The van der Waals surface area contributed by atoms with Gasteiger partial charge < -0.3 is 4.98 Å². The Morgan fingerprint density at radius 3 is 2.88 bits per heavy atom. The summed E-state index contributed by atoms with van der Waals surface area (Å²) >= 11 is 0. The second kappa shape index (κ2) is 7.19. The minimum atomic E-state index is -2.48. The number of aromatic amines is 2. The highest BCUT2D eigenvalue weighted by atomic mass is 19.3. The number of aromatic nitrogens is 7. The summed E-state index contributed by atoms with van der Waals surface area (Å²) < 4.78 is 28.8. The normalized spacial score (nSPS) is 17.9. The number of hydrogen-bond acceptors (Lipinski definition) is 5. The first-order valence-electron chi connectivity index (χ1n) is 10.4. The molecule has 1 aromatic carbocycles. The van der Waals surface area contributed by atoms with Crippen molar-refractivity contribution in [1.82, 2.24) is 34.3 Å². The van der Waals surface area contributed by atoms with Gasteiger partial charge in [-0.05, 0) is 36.0 Å². The molecule has 4 aromatic heterocycles. The zero-order valence-electron chi connectivity index (χ0n) is 17.1. The van der Waals surface area contributed by atoms with E-state index < -0.39 is 24.2 Å². The average Bonchev–Trinajstić information content (AvgIpc) is 3.26. The number of alkyl halides is 2. The van der Waals surface area contributed by atoms with E-state index >= 15 is 0 Å². The van der Waals surface area contributed by atoms with E-state index in [1.54, 1.807) is 23.1 Å². The molecule has 0 spiro atoms. The smallest absolute Gasteiger partial charge is 0.313 e. The monoisotopic (exact) mass is 449 g/mol. The maximum atomic E-state index is 12.9. The summed E-state index contributed by atoms with van der Waals surface area (Å²) in [7, 11) is 0. The van der Waals surface area contributed by atoms with Crippen molar-refractivity contribution in [3.8, 4) is 11.3 Å². The summed E-state index contributed by atoms with van der Waals surface area (Å²) in [5, 5.41) is 9.37. The van der Waals surface area contributed by atoms with Crippen LogP contribution in [0.15, 0.2) is 58.6 Å². The van der Waals surface area contributed by atoms with Crippen LogP contribution >= 0.6 is 0 Å². The summed E-state index contributed by atoms with van der Waals surface area (Å²) in [6.07, 6.45) is 4.65. The Hall–Kier alpha value is -4.15. The highest BCUT2D eigenvalue weighted by Crippen LogP contribution is 2.55. The minimum Gasteiger partial charge on any atom is -0.313 e. The van der Waals surface area contributed by atoms with E-state index in [1.807, 2.05) is 24.3 Å². The molecule has 0 aliphatic heterocycles. The second-order valence-corrected chi connectivity index (χ2v) is 8.15. The van der Waals surface area contributed by atoms with Crippen molar-refractivity contribution in [2.45, 2.75) is 31.2 Å². The van der Waals surface area contributed by atoms with Gasteiger partial charge in [-0.25, -0.2) is 23.1 Å². The second-order valence-electron chi connectivity index (χ2n) is 8.15. The van der Waals surface area contributed by atoms with Crippen LogP contribution < -0.4 is 11.2 Å². The number of imidazole rings is 1. The molecule has 5 aromatic rings. The minimum absolute atomic E-state index is 0.127. The first-order chi connectivity index (χ1) is 16.0. The third-order valence-electron chi connectivity index (χ3n) is 6.08. The molecule has 0 bridgehead atoms. The zero-order chi connectivity index (χ0) is 22.7. The number of nitrogens with one attached hydrogen (secondary N) is 2.